The predicted octanol–water partition coefficient (Wildman–Crippen LogP) is 2.85. The average molecular weight is 372 g/mol. The maximum absolute atomic E-state index is 13.7. The highest BCUT2D eigenvalue weighted by atomic mass is 79.9. The van der Waals surface area contributed by atoms with Gasteiger partial charge >= 0.3 is 0 Å². The molecule has 0 radical (unpaired) electrons. The monoisotopic (exact) mass is 371 g/mol. The second kappa shape index (κ2) is 7.04. The van der Waals surface area contributed by atoms with Crippen molar-refractivity contribution in [2.45, 2.75) is 11.5 Å². The number of aromatic nitrogens is 3. The second-order valence-corrected chi connectivity index (χ2v) is 6.43. The number of hydrogen-bond donors (Lipinski definition) is 1. The quantitative estimate of drug-likeness (QED) is 0.871. The van der Waals surface area contributed by atoms with Crippen molar-refractivity contribution >= 4 is 39.6 Å². The van der Waals surface area contributed by atoms with Crippen LogP contribution in [-0.4, -0.2) is 29.0 Å². The number of nitrogens with two attached hydrogens (primary N) is 1. The van der Waals surface area contributed by atoms with E-state index in [4.69, 9.17) is 5.73 Å². The molecule has 112 valence electrons. The van der Waals surface area contributed by atoms with Crippen LogP contribution in [0.4, 0.5) is 16.3 Å². The second-order valence-electron chi connectivity index (χ2n) is 4.53. The van der Waals surface area contributed by atoms with Gasteiger partial charge in [0.15, 0.2) is 0 Å². The molecule has 0 aliphatic carbocycles. The van der Waals surface area contributed by atoms with Gasteiger partial charge in [-0.1, -0.05) is 22.0 Å². The summed E-state index contributed by atoms with van der Waals surface area (Å²) in [6.07, 6.45) is 0. The number of rotatable bonds is 5. The minimum absolute atomic E-state index is 0.194. The molecule has 1 aromatic carbocycles. The molecule has 2 rings (SSSR count). The first-order valence-corrected chi connectivity index (χ1v) is 8.10. The first-order valence-electron chi connectivity index (χ1n) is 6.15. The number of halogens is 2. The van der Waals surface area contributed by atoms with Gasteiger partial charge in [0, 0.05) is 24.3 Å². The summed E-state index contributed by atoms with van der Waals surface area (Å²) in [4.78, 5) is 14.2. The molecule has 0 fully saturated rings. The molecule has 1 heterocycles. The van der Waals surface area contributed by atoms with Crippen LogP contribution < -0.4 is 10.6 Å². The Balaban J connectivity index is 2.00. The van der Waals surface area contributed by atoms with Crippen molar-refractivity contribution in [3.8, 4) is 0 Å². The average Bonchev–Trinajstić information content (AvgIpc) is 2.40. The first-order chi connectivity index (χ1) is 9.95. The lowest BCUT2D eigenvalue weighted by Crippen LogP contribution is -2.15. The first kappa shape index (κ1) is 16.0. The predicted molar refractivity (Wildman–Crippen MR) is 87.7 cm³/mol. The Morgan fingerprint density at radius 1 is 1.24 bits per heavy atom. The van der Waals surface area contributed by atoms with Gasteiger partial charge in [0.05, 0.1) is 5.75 Å². The summed E-state index contributed by atoms with van der Waals surface area (Å²) in [6, 6.07) is 5.05. The molecule has 5 nitrogen and oxygen atoms in total. The molecule has 2 aromatic rings. The van der Waals surface area contributed by atoms with E-state index in [9.17, 15) is 4.39 Å². The molecule has 0 aliphatic heterocycles. The van der Waals surface area contributed by atoms with Gasteiger partial charge in [-0.05, 0) is 17.7 Å². The summed E-state index contributed by atoms with van der Waals surface area (Å²) in [5, 5.41) is 0. The van der Waals surface area contributed by atoms with Crippen LogP contribution >= 0.6 is 27.7 Å². The Kier molecular flexibility index (Phi) is 5.35. The highest BCUT2D eigenvalue weighted by Gasteiger charge is 2.08. The van der Waals surface area contributed by atoms with Crippen LogP contribution in [0.1, 0.15) is 11.4 Å². The van der Waals surface area contributed by atoms with Gasteiger partial charge in [0.25, 0.3) is 0 Å². The Bertz CT molecular complexity index is 638. The van der Waals surface area contributed by atoms with Crippen LogP contribution in [0.3, 0.4) is 0 Å². The number of anilines is 2. The molecule has 0 saturated carbocycles. The van der Waals surface area contributed by atoms with Crippen molar-refractivity contribution in [2.75, 3.05) is 24.7 Å². The topological polar surface area (TPSA) is 67.9 Å². The molecule has 8 heteroatoms. The molecule has 0 spiro atoms. The maximum atomic E-state index is 13.7. The van der Waals surface area contributed by atoms with Gasteiger partial charge in [-0.25, -0.2) is 4.39 Å². The standard InChI is InChI=1S/C13H15BrFN5S/c1-20(2)13-18-11(17-12(16)19-13)7-21-6-8-3-4-9(14)5-10(8)15/h3-5H,6-7H2,1-2H3,(H2,16,17,18,19). The van der Waals surface area contributed by atoms with Gasteiger partial charge < -0.3 is 10.6 Å². The molecule has 1 aromatic heterocycles. The van der Waals surface area contributed by atoms with E-state index < -0.39 is 0 Å². The SMILES string of the molecule is CN(C)c1nc(N)nc(CSCc2ccc(Br)cc2F)n1. The van der Waals surface area contributed by atoms with E-state index >= 15 is 0 Å². The molecule has 0 aliphatic rings. The zero-order chi connectivity index (χ0) is 15.4. The van der Waals surface area contributed by atoms with Crippen molar-refractivity contribution < 1.29 is 4.39 Å². The van der Waals surface area contributed by atoms with Crippen molar-refractivity contribution in [3.05, 3.63) is 39.9 Å². The van der Waals surface area contributed by atoms with Gasteiger partial charge in [0.1, 0.15) is 11.6 Å². The molecule has 0 unspecified atom stereocenters. The summed E-state index contributed by atoms with van der Waals surface area (Å²) >= 11 is 4.76. The van der Waals surface area contributed by atoms with Gasteiger partial charge in [-0.2, -0.15) is 15.0 Å². The summed E-state index contributed by atoms with van der Waals surface area (Å²) in [6.45, 7) is 0. The Morgan fingerprint density at radius 2 is 2.00 bits per heavy atom. The summed E-state index contributed by atoms with van der Waals surface area (Å²) < 4.78 is 14.4. The summed E-state index contributed by atoms with van der Waals surface area (Å²) in [5.41, 5.74) is 6.31. The molecule has 0 bridgehead atoms. The number of nitrogen functional groups attached to an aromatic ring is 1. The third kappa shape index (κ3) is 4.53. The minimum atomic E-state index is -0.221. The lowest BCUT2D eigenvalue weighted by molar-refractivity contribution is 0.616. The highest BCUT2D eigenvalue weighted by Crippen LogP contribution is 2.22. The van der Waals surface area contributed by atoms with Crippen LogP contribution in [0.5, 0.6) is 0 Å². The minimum Gasteiger partial charge on any atom is -0.368 e. The third-order valence-electron chi connectivity index (χ3n) is 2.59. The molecule has 2 N–H and O–H groups in total. The number of thioether (sulfide) groups is 1. The van der Waals surface area contributed by atoms with Gasteiger partial charge in [-0.3, -0.25) is 0 Å². The van der Waals surface area contributed by atoms with Crippen LogP contribution in [0, 0.1) is 5.82 Å². The number of benzene rings is 1. The molecular formula is C13H15BrFN5S. The maximum Gasteiger partial charge on any atom is 0.229 e. The fraction of sp³-hybridized carbons (Fsp3) is 0.308. The van der Waals surface area contributed by atoms with Crippen LogP contribution in [0.2, 0.25) is 0 Å². The summed E-state index contributed by atoms with van der Waals surface area (Å²) in [7, 11) is 3.67. The fourth-order valence-electron chi connectivity index (χ4n) is 1.58. The number of nitrogens with zero attached hydrogens (tertiary/aromatic N) is 4. The van der Waals surface area contributed by atoms with Crippen LogP contribution in [0.25, 0.3) is 0 Å². The van der Waals surface area contributed by atoms with E-state index in [0.717, 1.165) is 4.47 Å². The molecule has 0 amide bonds. The lowest BCUT2D eigenvalue weighted by atomic mass is 10.2. The van der Waals surface area contributed by atoms with E-state index in [2.05, 4.69) is 30.9 Å². The van der Waals surface area contributed by atoms with E-state index in [0.29, 0.717) is 28.8 Å². The van der Waals surface area contributed by atoms with E-state index in [1.807, 2.05) is 20.2 Å². The Hall–Kier alpha value is -1.41. The zero-order valence-electron chi connectivity index (χ0n) is 11.7. The molecule has 21 heavy (non-hydrogen) atoms. The largest absolute Gasteiger partial charge is 0.368 e. The van der Waals surface area contributed by atoms with Crippen molar-refractivity contribution in [1.29, 1.82) is 0 Å². The highest BCUT2D eigenvalue weighted by molar-refractivity contribution is 9.10. The molecular weight excluding hydrogens is 357 g/mol. The smallest absolute Gasteiger partial charge is 0.229 e. The normalized spacial score (nSPS) is 10.7. The lowest BCUT2D eigenvalue weighted by Gasteiger charge is -2.11. The number of hydrogen-bond acceptors (Lipinski definition) is 6. The molecule has 0 saturated heterocycles. The Morgan fingerprint density at radius 3 is 2.67 bits per heavy atom. The van der Waals surface area contributed by atoms with E-state index in [-0.39, 0.29) is 11.8 Å². The summed E-state index contributed by atoms with van der Waals surface area (Å²) in [5.74, 6) is 2.17. The Labute approximate surface area is 135 Å². The van der Waals surface area contributed by atoms with Crippen molar-refractivity contribution in [3.63, 3.8) is 0 Å². The van der Waals surface area contributed by atoms with Crippen LogP contribution in [-0.2, 0) is 11.5 Å². The van der Waals surface area contributed by atoms with Gasteiger partial charge in [0.2, 0.25) is 11.9 Å². The van der Waals surface area contributed by atoms with Crippen molar-refractivity contribution in [2.24, 2.45) is 0 Å². The fourth-order valence-corrected chi connectivity index (χ4v) is 2.78. The molecule has 0 atom stereocenters. The third-order valence-corrected chi connectivity index (χ3v) is 4.06. The van der Waals surface area contributed by atoms with Crippen LogP contribution in [0.15, 0.2) is 22.7 Å². The van der Waals surface area contributed by atoms with Crippen molar-refractivity contribution in [1.82, 2.24) is 15.0 Å². The van der Waals surface area contributed by atoms with Gasteiger partial charge in [-0.15, -0.1) is 11.8 Å². The van der Waals surface area contributed by atoms with E-state index in [1.165, 1.54) is 17.8 Å². The van der Waals surface area contributed by atoms with E-state index in [1.54, 1.807) is 11.0 Å². The zero-order valence-corrected chi connectivity index (χ0v) is 14.1.